The second-order valence-electron chi connectivity index (χ2n) is 3.72. The predicted molar refractivity (Wildman–Crippen MR) is 68.5 cm³/mol. The molecule has 78 valence electrons. The molecule has 0 unspecified atom stereocenters. The van der Waals surface area contributed by atoms with Crippen LogP contribution in [0.25, 0.3) is 6.08 Å². The van der Waals surface area contributed by atoms with Gasteiger partial charge in [0.25, 0.3) is 0 Å². The molecule has 0 radical (unpaired) electrons. The first kappa shape index (κ1) is 10.7. The summed E-state index contributed by atoms with van der Waals surface area (Å²) in [5.41, 5.74) is 1.41. The Morgan fingerprint density at radius 2 is 2.07 bits per heavy atom. The summed E-state index contributed by atoms with van der Waals surface area (Å²) >= 11 is 0.527. The Kier molecular flexibility index (Phi) is 3.82. The van der Waals surface area contributed by atoms with E-state index in [0.29, 0.717) is 15.0 Å². The van der Waals surface area contributed by atoms with Crippen LogP contribution in [-0.2, 0) is 0 Å². The molecule has 0 N–H and O–H groups in total. The van der Waals surface area contributed by atoms with E-state index < -0.39 is 0 Å². The molecule has 15 heavy (non-hydrogen) atoms. The molecule has 0 atom stereocenters. The van der Waals surface area contributed by atoms with Gasteiger partial charge in [-0.2, -0.15) is 0 Å². The number of fused-ring (bicyclic) bond motifs is 1. The molecule has 0 spiro atoms. The molecule has 1 aromatic carbocycles. The summed E-state index contributed by atoms with van der Waals surface area (Å²) in [4.78, 5) is 0. The van der Waals surface area contributed by atoms with Gasteiger partial charge in [0, 0.05) is 0 Å². The zero-order valence-electron chi connectivity index (χ0n) is 9.07. The van der Waals surface area contributed by atoms with Gasteiger partial charge >= 0.3 is 98.1 Å². The molecular weight excluding hydrogens is 247 g/mol. The fourth-order valence-corrected chi connectivity index (χ4v) is 3.68. The third-order valence-electron chi connectivity index (χ3n) is 2.48. The summed E-state index contributed by atoms with van der Waals surface area (Å²) < 4.78 is 3.06. The topological polar surface area (TPSA) is 0 Å². The number of rotatable bonds is 3. The van der Waals surface area contributed by atoms with Crippen molar-refractivity contribution >= 4 is 25.5 Å². The molecule has 0 saturated heterocycles. The van der Waals surface area contributed by atoms with Crippen LogP contribution in [-0.4, -0.2) is 15.0 Å². The van der Waals surface area contributed by atoms with E-state index in [9.17, 15) is 0 Å². The van der Waals surface area contributed by atoms with E-state index >= 15 is 0 Å². The third-order valence-corrected chi connectivity index (χ3v) is 4.85. The Morgan fingerprint density at radius 1 is 1.20 bits per heavy atom. The maximum atomic E-state index is 2.41. The Bertz CT molecular complexity index is 388. The van der Waals surface area contributed by atoms with E-state index in [1.807, 2.05) is 0 Å². The molecule has 0 nitrogen and oxygen atoms in total. The van der Waals surface area contributed by atoms with Crippen molar-refractivity contribution in [1.82, 2.24) is 0 Å². The second kappa shape index (κ2) is 5.34. The summed E-state index contributed by atoms with van der Waals surface area (Å²) in [6, 6.07) is 8.72. The third kappa shape index (κ3) is 2.84. The number of benzene rings is 1. The zero-order valence-corrected chi connectivity index (χ0v) is 10.8. The minimum atomic E-state index is 0.527. The molecule has 0 aliphatic carbocycles. The van der Waals surface area contributed by atoms with Crippen molar-refractivity contribution in [2.24, 2.45) is 0 Å². The van der Waals surface area contributed by atoms with Crippen LogP contribution >= 0.6 is 0 Å². The molecule has 0 fully saturated rings. The summed E-state index contributed by atoms with van der Waals surface area (Å²) in [6.07, 6.45) is 10.8. The van der Waals surface area contributed by atoms with Crippen LogP contribution in [0.5, 0.6) is 0 Å². The van der Waals surface area contributed by atoms with Crippen molar-refractivity contribution in [2.45, 2.75) is 26.2 Å². The van der Waals surface area contributed by atoms with E-state index in [1.165, 1.54) is 33.8 Å². The number of hydrogen-bond acceptors (Lipinski definition) is 0. The van der Waals surface area contributed by atoms with Gasteiger partial charge < -0.3 is 0 Å². The number of unbranched alkanes of at least 4 members (excludes halogenated alkanes) is 2. The van der Waals surface area contributed by atoms with Gasteiger partial charge in [-0.05, 0) is 0 Å². The van der Waals surface area contributed by atoms with E-state index in [0.717, 1.165) is 0 Å². The van der Waals surface area contributed by atoms with Crippen LogP contribution in [0.4, 0.5) is 0 Å². The first-order valence-corrected chi connectivity index (χ1v) is 7.26. The Labute approximate surface area is 98.2 Å². The Morgan fingerprint density at radius 3 is 2.93 bits per heavy atom. The summed E-state index contributed by atoms with van der Waals surface area (Å²) in [7, 11) is 0. The first-order valence-electron chi connectivity index (χ1n) is 5.55. The number of allylic oxidation sites excluding steroid dienone is 3. The van der Waals surface area contributed by atoms with Crippen molar-refractivity contribution in [1.29, 1.82) is 0 Å². The first-order chi connectivity index (χ1) is 7.40. The normalized spacial score (nSPS) is 16.7. The Hall–Kier alpha value is -0.781. The zero-order chi connectivity index (χ0) is 10.5. The van der Waals surface area contributed by atoms with Crippen LogP contribution in [0.15, 0.2) is 40.9 Å². The van der Waals surface area contributed by atoms with Crippen LogP contribution < -0.4 is 4.46 Å². The molecular formula is C14H16Se. The second-order valence-corrected chi connectivity index (χ2v) is 6.06. The van der Waals surface area contributed by atoms with E-state index in [1.54, 1.807) is 0 Å². The average molecular weight is 263 g/mol. The average Bonchev–Trinajstić information content (AvgIpc) is 2.29. The molecule has 2 rings (SSSR count). The van der Waals surface area contributed by atoms with Gasteiger partial charge in [0.05, 0.1) is 0 Å². The SMILES string of the molecule is CCCC/C=C1/C=Cc2ccccc2[Se]1. The van der Waals surface area contributed by atoms with Crippen LogP contribution in [0.3, 0.4) is 0 Å². The standard InChI is InChI=1S/C14H16Se/c1-2-3-4-8-13-11-10-12-7-5-6-9-14(12)15-13/h5-11H,2-4H2,1H3/b13-8-. The van der Waals surface area contributed by atoms with Crippen molar-refractivity contribution in [3.05, 3.63) is 46.5 Å². The van der Waals surface area contributed by atoms with Crippen molar-refractivity contribution in [2.75, 3.05) is 0 Å². The quantitative estimate of drug-likeness (QED) is 0.580. The van der Waals surface area contributed by atoms with Crippen LogP contribution in [0.1, 0.15) is 31.7 Å². The molecule has 1 aliphatic heterocycles. The minimum absolute atomic E-state index is 0.527. The van der Waals surface area contributed by atoms with Gasteiger partial charge in [-0.15, -0.1) is 0 Å². The van der Waals surface area contributed by atoms with E-state index in [2.05, 4.69) is 49.4 Å². The molecule has 1 aromatic rings. The van der Waals surface area contributed by atoms with Gasteiger partial charge in [0.2, 0.25) is 0 Å². The van der Waals surface area contributed by atoms with E-state index in [-0.39, 0.29) is 0 Å². The molecule has 0 amide bonds. The van der Waals surface area contributed by atoms with Crippen molar-refractivity contribution in [3.63, 3.8) is 0 Å². The van der Waals surface area contributed by atoms with Gasteiger partial charge in [-0.25, -0.2) is 0 Å². The fraction of sp³-hybridized carbons (Fsp3) is 0.286. The van der Waals surface area contributed by atoms with Gasteiger partial charge in [0.15, 0.2) is 0 Å². The molecule has 1 aliphatic rings. The van der Waals surface area contributed by atoms with Gasteiger partial charge in [-0.3, -0.25) is 0 Å². The molecule has 1 heterocycles. The summed E-state index contributed by atoms with van der Waals surface area (Å²) in [6.45, 7) is 2.25. The molecule has 0 saturated carbocycles. The maximum absolute atomic E-state index is 2.41. The molecule has 0 bridgehead atoms. The summed E-state index contributed by atoms with van der Waals surface area (Å²) in [5, 5.41) is 0. The van der Waals surface area contributed by atoms with Crippen molar-refractivity contribution < 1.29 is 0 Å². The van der Waals surface area contributed by atoms with E-state index in [4.69, 9.17) is 0 Å². The monoisotopic (exact) mass is 264 g/mol. The van der Waals surface area contributed by atoms with Crippen molar-refractivity contribution in [3.8, 4) is 0 Å². The Balaban J connectivity index is 2.09. The fourth-order valence-electron chi connectivity index (χ4n) is 1.60. The molecule has 1 heteroatoms. The molecule has 0 aromatic heterocycles. The van der Waals surface area contributed by atoms with Gasteiger partial charge in [0.1, 0.15) is 0 Å². The van der Waals surface area contributed by atoms with Gasteiger partial charge in [-0.1, -0.05) is 0 Å². The number of hydrogen-bond donors (Lipinski definition) is 0. The summed E-state index contributed by atoms with van der Waals surface area (Å²) in [5.74, 6) is 0. The predicted octanol–water partition coefficient (Wildman–Crippen LogP) is 3.12. The van der Waals surface area contributed by atoms with Crippen LogP contribution in [0, 0.1) is 0 Å². The van der Waals surface area contributed by atoms with Crippen LogP contribution in [0.2, 0.25) is 0 Å².